The van der Waals surface area contributed by atoms with Gasteiger partial charge in [0.1, 0.15) is 0 Å². The van der Waals surface area contributed by atoms with Crippen molar-refractivity contribution in [3.05, 3.63) is 42.0 Å². The highest BCUT2D eigenvalue weighted by atomic mass is 16.4. The predicted molar refractivity (Wildman–Crippen MR) is 49.9 cm³/mol. The molecule has 1 aromatic carbocycles. The van der Waals surface area contributed by atoms with Gasteiger partial charge in [-0.05, 0) is 18.1 Å². The van der Waals surface area contributed by atoms with E-state index in [1.165, 1.54) is 0 Å². The maximum absolute atomic E-state index is 10.3. The number of hydrogen-bond acceptors (Lipinski definition) is 2. The lowest BCUT2D eigenvalue weighted by Crippen LogP contribution is -2.24. The van der Waals surface area contributed by atoms with Crippen molar-refractivity contribution in [1.82, 2.24) is 0 Å². The number of carbonyl (C=O) groups excluding carboxylic acids is 1. The van der Waals surface area contributed by atoms with Crippen molar-refractivity contribution < 1.29 is 9.90 Å². The van der Waals surface area contributed by atoms with Crippen molar-refractivity contribution >= 4 is 11.5 Å². The van der Waals surface area contributed by atoms with Crippen LogP contribution in [0.5, 0.6) is 0 Å². The molecule has 1 aromatic rings. The van der Waals surface area contributed by atoms with Gasteiger partial charge >= 0.3 is 0 Å². The second-order valence-electron chi connectivity index (χ2n) is 3.03. The number of carbonyl (C=O) groups is 1. The fourth-order valence-corrected chi connectivity index (χ4v) is 1.07. The van der Waals surface area contributed by atoms with E-state index in [1.54, 1.807) is 12.1 Å². The molecule has 0 N–H and O–H groups in total. The summed E-state index contributed by atoms with van der Waals surface area (Å²) in [6.07, 6.45) is -0.0313. The molecule has 0 unspecified atom stereocenters. The average Bonchev–Trinajstić information content (AvgIpc) is 2.04. The van der Waals surface area contributed by atoms with Gasteiger partial charge in [-0.3, -0.25) is 0 Å². The summed E-state index contributed by atoms with van der Waals surface area (Å²) in [5.41, 5.74) is 2.76. The number of benzene rings is 1. The monoisotopic (exact) mass is 175 g/mol. The Kier molecular flexibility index (Phi) is 2.85. The van der Waals surface area contributed by atoms with Crippen LogP contribution in [-0.4, -0.2) is 5.97 Å². The van der Waals surface area contributed by atoms with Gasteiger partial charge in [-0.15, -0.1) is 0 Å². The predicted octanol–water partition coefficient (Wildman–Crippen LogP) is 1.01. The standard InChI is InChI=1S/C11H12O2/c1-8(2)10-5-3-9(4-6-10)7-11(12)13/h3-6H,1,7H2,2H3,(H,12,13)/p-1. The van der Waals surface area contributed by atoms with E-state index in [9.17, 15) is 9.90 Å². The molecule has 0 aliphatic carbocycles. The second kappa shape index (κ2) is 3.90. The first-order chi connectivity index (χ1) is 6.09. The van der Waals surface area contributed by atoms with Crippen LogP contribution in [0.15, 0.2) is 30.8 Å². The highest BCUT2D eigenvalue weighted by Gasteiger charge is 1.95. The average molecular weight is 175 g/mol. The molecule has 0 aliphatic rings. The number of allylic oxidation sites excluding steroid dienone is 1. The van der Waals surface area contributed by atoms with Gasteiger partial charge in [-0.25, -0.2) is 0 Å². The zero-order chi connectivity index (χ0) is 9.84. The fraction of sp³-hybridized carbons (Fsp3) is 0.182. The maximum atomic E-state index is 10.3. The molecule has 0 bridgehead atoms. The normalized spacial score (nSPS) is 9.62. The molecular weight excluding hydrogens is 164 g/mol. The quantitative estimate of drug-likeness (QED) is 0.687. The summed E-state index contributed by atoms with van der Waals surface area (Å²) in [5, 5.41) is 10.3. The van der Waals surface area contributed by atoms with Gasteiger partial charge in [0.2, 0.25) is 0 Å². The summed E-state index contributed by atoms with van der Waals surface area (Å²) in [7, 11) is 0. The summed E-state index contributed by atoms with van der Waals surface area (Å²) < 4.78 is 0. The van der Waals surface area contributed by atoms with Crippen LogP contribution in [0, 0.1) is 0 Å². The van der Waals surface area contributed by atoms with E-state index in [0.29, 0.717) is 0 Å². The lowest BCUT2D eigenvalue weighted by Gasteiger charge is -2.04. The van der Waals surface area contributed by atoms with Crippen molar-refractivity contribution in [3.8, 4) is 0 Å². The zero-order valence-electron chi connectivity index (χ0n) is 7.54. The van der Waals surface area contributed by atoms with Crippen LogP contribution in [0.4, 0.5) is 0 Å². The number of hydrogen-bond donors (Lipinski definition) is 0. The summed E-state index contributed by atoms with van der Waals surface area (Å²) in [6.45, 7) is 5.70. The first-order valence-electron chi connectivity index (χ1n) is 4.04. The summed E-state index contributed by atoms with van der Waals surface area (Å²) in [4.78, 5) is 10.3. The Morgan fingerprint density at radius 2 is 1.92 bits per heavy atom. The van der Waals surface area contributed by atoms with E-state index in [1.807, 2.05) is 19.1 Å². The minimum Gasteiger partial charge on any atom is -0.550 e. The molecule has 0 spiro atoms. The van der Waals surface area contributed by atoms with Gasteiger partial charge in [0, 0.05) is 12.4 Å². The molecular formula is C11H11O2-. The van der Waals surface area contributed by atoms with E-state index >= 15 is 0 Å². The summed E-state index contributed by atoms with van der Waals surface area (Å²) >= 11 is 0. The van der Waals surface area contributed by atoms with Crippen LogP contribution in [0.25, 0.3) is 5.57 Å². The molecule has 0 fully saturated rings. The Labute approximate surface area is 77.5 Å². The smallest absolute Gasteiger partial charge is 0.0458 e. The van der Waals surface area contributed by atoms with E-state index < -0.39 is 5.97 Å². The van der Waals surface area contributed by atoms with E-state index in [2.05, 4.69) is 6.58 Å². The molecule has 68 valence electrons. The van der Waals surface area contributed by atoms with Crippen molar-refractivity contribution in [1.29, 1.82) is 0 Å². The largest absolute Gasteiger partial charge is 0.550 e. The summed E-state index contributed by atoms with van der Waals surface area (Å²) in [6, 6.07) is 7.28. The Balaban J connectivity index is 2.81. The lowest BCUT2D eigenvalue weighted by atomic mass is 10.1. The number of carboxylic acid groups (broad SMARTS) is 1. The third-order valence-corrected chi connectivity index (χ3v) is 1.80. The van der Waals surface area contributed by atoms with Crippen molar-refractivity contribution in [2.75, 3.05) is 0 Å². The second-order valence-corrected chi connectivity index (χ2v) is 3.03. The van der Waals surface area contributed by atoms with Gasteiger partial charge in [0.25, 0.3) is 0 Å². The molecule has 0 aliphatic heterocycles. The molecule has 0 aromatic heterocycles. The molecule has 1 rings (SSSR count). The van der Waals surface area contributed by atoms with Crippen LogP contribution in [0.3, 0.4) is 0 Å². The molecule has 0 atom stereocenters. The molecule has 2 heteroatoms. The van der Waals surface area contributed by atoms with Crippen LogP contribution in [-0.2, 0) is 11.2 Å². The van der Waals surface area contributed by atoms with Crippen LogP contribution < -0.4 is 5.11 Å². The van der Waals surface area contributed by atoms with E-state index in [0.717, 1.165) is 16.7 Å². The molecule has 13 heavy (non-hydrogen) atoms. The summed E-state index contributed by atoms with van der Waals surface area (Å²) in [5.74, 6) is -1.05. The number of aliphatic carboxylic acids is 1. The first kappa shape index (κ1) is 9.52. The minimum atomic E-state index is -1.05. The van der Waals surface area contributed by atoms with Gasteiger partial charge in [-0.1, -0.05) is 36.4 Å². The van der Waals surface area contributed by atoms with Crippen molar-refractivity contribution in [3.63, 3.8) is 0 Å². The number of rotatable bonds is 3. The van der Waals surface area contributed by atoms with Gasteiger partial charge in [-0.2, -0.15) is 0 Å². The molecule has 0 amide bonds. The minimum absolute atomic E-state index is 0.0313. The molecule has 0 saturated carbocycles. The Hall–Kier alpha value is -1.57. The van der Waals surface area contributed by atoms with Crippen molar-refractivity contribution in [2.45, 2.75) is 13.3 Å². The maximum Gasteiger partial charge on any atom is 0.0458 e. The Morgan fingerprint density at radius 1 is 1.38 bits per heavy atom. The highest BCUT2D eigenvalue weighted by molar-refractivity contribution is 5.68. The highest BCUT2D eigenvalue weighted by Crippen LogP contribution is 2.12. The SMILES string of the molecule is C=C(C)c1ccc(CC(=O)[O-])cc1. The van der Waals surface area contributed by atoms with Gasteiger partial charge < -0.3 is 9.90 Å². The van der Waals surface area contributed by atoms with E-state index in [4.69, 9.17) is 0 Å². The molecule has 2 nitrogen and oxygen atoms in total. The van der Waals surface area contributed by atoms with Crippen LogP contribution in [0.1, 0.15) is 18.1 Å². The van der Waals surface area contributed by atoms with Crippen LogP contribution >= 0.6 is 0 Å². The third-order valence-electron chi connectivity index (χ3n) is 1.80. The Bertz CT molecular complexity index is 322. The molecule has 0 heterocycles. The zero-order valence-corrected chi connectivity index (χ0v) is 7.54. The lowest BCUT2D eigenvalue weighted by molar-refractivity contribution is -0.304. The topological polar surface area (TPSA) is 40.1 Å². The number of carboxylic acids is 1. The third kappa shape index (κ3) is 2.75. The van der Waals surface area contributed by atoms with Crippen molar-refractivity contribution in [2.24, 2.45) is 0 Å². The first-order valence-corrected chi connectivity index (χ1v) is 4.04. The Morgan fingerprint density at radius 3 is 2.31 bits per heavy atom. The van der Waals surface area contributed by atoms with Crippen LogP contribution in [0.2, 0.25) is 0 Å². The fourth-order valence-electron chi connectivity index (χ4n) is 1.07. The molecule has 0 radical (unpaired) electrons. The van der Waals surface area contributed by atoms with E-state index in [-0.39, 0.29) is 6.42 Å². The van der Waals surface area contributed by atoms with Gasteiger partial charge in [0.05, 0.1) is 0 Å². The molecule has 0 saturated heterocycles. The van der Waals surface area contributed by atoms with Gasteiger partial charge in [0.15, 0.2) is 0 Å².